The Morgan fingerprint density at radius 1 is 1.11 bits per heavy atom. The lowest BCUT2D eigenvalue weighted by molar-refractivity contribution is -0.0547. The number of para-hydroxylation sites is 1. The lowest BCUT2D eigenvalue weighted by Gasteiger charge is -2.19. The molecule has 0 saturated carbocycles. The molecule has 5 atom stereocenters. The van der Waals surface area contributed by atoms with Crippen LogP contribution in [-0.2, 0) is 29.2 Å². The third kappa shape index (κ3) is 5.76. The molecule has 0 bridgehead atoms. The molecule has 1 aliphatic rings. The summed E-state index contributed by atoms with van der Waals surface area (Å²) < 4.78 is 47.9. The molecule has 0 amide bonds. The quantitative estimate of drug-likeness (QED) is 0.197. The number of ether oxygens (including phenoxy) is 2. The second-order valence-corrected chi connectivity index (χ2v) is 10.6. The number of benzene rings is 1. The minimum atomic E-state index is -5.38. The summed E-state index contributed by atoms with van der Waals surface area (Å²) in [4.78, 5) is 52.3. The van der Waals surface area contributed by atoms with E-state index in [2.05, 4.69) is 14.0 Å². The van der Waals surface area contributed by atoms with Gasteiger partial charge in [0.2, 0.25) is 5.58 Å². The van der Waals surface area contributed by atoms with Gasteiger partial charge in [0.25, 0.3) is 5.56 Å². The first-order chi connectivity index (χ1) is 17.3. The monoisotopic (exact) mass is 565 g/mol. The molecule has 1 unspecified atom stereocenters. The number of nitrogens with zero attached hydrogens (tertiary/aromatic N) is 3. The Balaban J connectivity index is 1.58. The Hall–Kier alpha value is -2.69. The molecule has 202 valence electrons. The van der Waals surface area contributed by atoms with Crippen LogP contribution in [0.25, 0.3) is 11.0 Å². The summed E-state index contributed by atoms with van der Waals surface area (Å²) in [5.41, 5.74) is -1.14. The molecule has 17 nitrogen and oxygen atoms in total. The van der Waals surface area contributed by atoms with Gasteiger partial charge >= 0.3 is 21.3 Å². The first-order valence-electron chi connectivity index (χ1n) is 10.3. The van der Waals surface area contributed by atoms with Gasteiger partial charge in [0, 0.05) is 12.3 Å². The fourth-order valence-corrected chi connectivity index (χ4v) is 5.30. The van der Waals surface area contributed by atoms with E-state index < -0.39 is 58.0 Å². The standard InChI is InChI=1S/C18H21N3O14P2/c1-31-11-4-2-3-9-10(19-34-16(9)11)7-21-13(22)5-6-20(18(21)25)17-15(24)14(23)12(33-17)8-32-37(29,30)35-36(26,27)28/h2-6,12,14-15,17,23-24H,7-8H2,1H3,(H,29,30)(H2,26,27,28)/t12-,14-,15-,17-/m1/s1. The van der Waals surface area contributed by atoms with E-state index in [9.17, 15) is 33.8 Å². The number of phosphoric acid groups is 2. The van der Waals surface area contributed by atoms with Gasteiger partial charge in [-0.25, -0.2) is 13.9 Å². The number of rotatable bonds is 9. The number of phosphoric ester groups is 1. The van der Waals surface area contributed by atoms with Crippen molar-refractivity contribution in [1.29, 1.82) is 0 Å². The molecule has 1 aliphatic heterocycles. The summed E-state index contributed by atoms with van der Waals surface area (Å²) in [5.74, 6) is 0.386. The van der Waals surface area contributed by atoms with Crippen LogP contribution in [-0.4, -0.2) is 71.2 Å². The fraction of sp³-hybridized carbons (Fsp3) is 0.389. The third-order valence-electron chi connectivity index (χ3n) is 5.38. The molecule has 19 heteroatoms. The van der Waals surface area contributed by atoms with E-state index in [1.165, 1.54) is 7.11 Å². The maximum absolute atomic E-state index is 13.1. The molecule has 3 aromatic rings. The van der Waals surface area contributed by atoms with Crippen molar-refractivity contribution in [2.24, 2.45) is 0 Å². The minimum Gasteiger partial charge on any atom is -0.493 e. The number of methoxy groups -OCH3 is 1. The van der Waals surface area contributed by atoms with Gasteiger partial charge in [-0.15, -0.1) is 0 Å². The van der Waals surface area contributed by atoms with Crippen molar-refractivity contribution in [3.05, 3.63) is 57.0 Å². The zero-order valence-electron chi connectivity index (χ0n) is 18.8. The van der Waals surface area contributed by atoms with E-state index in [4.69, 9.17) is 23.8 Å². The Labute approximate surface area is 205 Å². The molecule has 0 spiro atoms. The lowest BCUT2D eigenvalue weighted by atomic mass is 10.1. The van der Waals surface area contributed by atoms with Gasteiger partial charge in [-0.3, -0.25) is 18.5 Å². The van der Waals surface area contributed by atoms with Crippen LogP contribution in [0, 0.1) is 0 Å². The second-order valence-electron chi connectivity index (χ2n) is 7.78. The van der Waals surface area contributed by atoms with Crippen LogP contribution in [0.2, 0.25) is 0 Å². The maximum atomic E-state index is 13.1. The minimum absolute atomic E-state index is 0.230. The predicted octanol–water partition coefficient (Wildman–Crippen LogP) is -0.946. The molecular formula is C18H21N3O14P2. The van der Waals surface area contributed by atoms with Gasteiger partial charge in [0.15, 0.2) is 12.0 Å². The summed E-state index contributed by atoms with van der Waals surface area (Å²) >= 11 is 0. The van der Waals surface area contributed by atoms with E-state index in [0.717, 1.165) is 21.4 Å². The molecular weight excluding hydrogens is 544 g/mol. The third-order valence-corrected chi connectivity index (χ3v) is 7.53. The highest BCUT2D eigenvalue weighted by atomic mass is 31.3. The molecule has 1 saturated heterocycles. The number of hydrogen-bond acceptors (Lipinski definition) is 12. The van der Waals surface area contributed by atoms with Crippen LogP contribution >= 0.6 is 15.6 Å². The number of aliphatic hydroxyl groups is 2. The summed E-state index contributed by atoms with van der Waals surface area (Å²) in [6.45, 7) is -1.28. The highest BCUT2D eigenvalue weighted by Gasteiger charge is 2.46. The molecule has 1 aromatic carbocycles. The number of fused-ring (bicyclic) bond motifs is 1. The van der Waals surface area contributed by atoms with Gasteiger partial charge < -0.3 is 38.9 Å². The van der Waals surface area contributed by atoms with Crippen molar-refractivity contribution in [1.82, 2.24) is 14.3 Å². The van der Waals surface area contributed by atoms with Crippen molar-refractivity contribution < 1.29 is 56.9 Å². The Morgan fingerprint density at radius 3 is 2.51 bits per heavy atom. The molecule has 4 rings (SSSR count). The summed E-state index contributed by atoms with van der Waals surface area (Å²) in [7, 11) is -9.22. The summed E-state index contributed by atoms with van der Waals surface area (Å²) in [6.07, 6.45) is -5.62. The van der Waals surface area contributed by atoms with Crippen LogP contribution in [0.15, 0.2) is 44.6 Å². The molecule has 37 heavy (non-hydrogen) atoms. The van der Waals surface area contributed by atoms with Gasteiger partial charge in [-0.2, -0.15) is 4.31 Å². The van der Waals surface area contributed by atoms with Crippen LogP contribution in [0.5, 0.6) is 5.75 Å². The van der Waals surface area contributed by atoms with Gasteiger partial charge in [0.1, 0.15) is 24.0 Å². The average molecular weight is 565 g/mol. The van der Waals surface area contributed by atoms with E-state index >= 15 is 0 Å². The normalized spacial score (nSPS) is 23.8. The van der Waals surface area contributed by atoms with E-state index in [1.807, 2.05) is 0 Å². The van der Waals surface area contributed by atoms with Crippen molar-refractivity contribution in [2.45, 2.75) is 31.1 Å². The van der Waals surface area contributed by atoms with Gasteiger partial charge in [-0.05, 0) is 12.1 Å². The highest BCUT2D eigenvalue weighted by Crippen LogP contribution is 2.57. The SMILES string of the molecule is COc1cccc2c(Cn3c(=O)ccn([C@@H]4O[C@H](COP(=O)(O)OP(=O)(O)O)[C@@H](O)[C@H]4O)c3=O)noc12. The van der Waals surface area contributed by atoms with Gasteiger partial charge in [0.05, 0.1) is 25.6 Å². The molecule has 0 radical (unpaired) electrons. The Bertz CT molecular complexity index is 1510. The van der Waals surface area contributed by atoms with E-state index in [0.29, 0.717) is 16.7 Å². The maximum Gasteiger partial charge on any atom is 0.481 e. The zero-order valence-corrected chi connectivity index (χ0v) is 20.5. The van der Waals surface area contributed by atoms with Crippen LogP contribution in [0.1, 0.15) is 11.9 Å². The summed E-state index contributed by atoms with van der Waals surface area (Å²) in [5, 5.41) is 25.1. The largest absolute Gasteiger partial charge is 0.493 e. The topological polar surface area (TPSA) is 242 Å². The van der Waals surface area contributed by atoms with Crippen LogP contribution < -0.4 is 16.0 Å². The highest BCUT2D eigenvalue weighted by molar-refractivity contribution is 7.60. The zero-order chi connectivity index (χ0) is 27.1. The molecule has 3 heterocycles. The van der Waals surface area contributed by atoms with Gasteiger partial charge in [-0.1, -0.05) is 11.2 Å². The van der Waals surface area contributed by atoms with Crippen molar-refractivity contribution in [2.75, 3.05) is 13.7 Å². The lowest BCUT2D eigenvalue weighted by Crippen LogP contribution is -2.43. The number of aromatic nitrogens is 3. The molecule has 0 aliphatic carbocycles. The number of aliphatic hydroxyl groups excluding tert-OH is 2. The fourth-order valence-electron chi connectivity index (χ4n) is 3.70. The van der Waals surface area contributed by atoms with Crippen molar-refractivity contribution >= 4 is 26.6 Å². The Morgan fingerprint density at radius 2 is 1.84 bits per heavy atom. The molecule has 5 N–H and O–H groups in total. The summed E-state index contributed by atoms with van der Waals surface area (Å²) in [6, 6.07) is 5.96. The predicted molar refractivity (Wildman–Crippen MR) is 119 cm³/mol. The van der Waals surface area contributed by atoms with E-state index in [-0.39, 0.29) is 12.2 Å². The molecule has 2 aromatic heterocycles. The molecule has 1 fully saturated rings. The second kappa shape index (κ2) is 10.2. The average Bonchev–Trinajstić information content (AvgIpc) is 3.35. The Kier molecular flexibility index (Phi) is 7.56. The van der Waals surface area contributed by atoms with E-state index in [1.54, 1.807) is 18.2 Å². The van der Waals surface area contributed by atoms with Crippen molar-refractivity contribution in [3.63, 3.8) is 0 Å². The van der Waals surface area contributed by atoms with Crippen molar-refractivity contribution in [3.8, 4) is 5.75 Å². The first kappa shape index (κ1) is 27.3. The van der Waals surface area contributed by atoms with Crippen LogP contribution in [0.3, 0.4) is 0 Å². The first-order valence-corrected chi connectivity index (χ1v) is 13.3. The van der Waals surface area contributed by atoms with Crippen LogP contribution in [0.4, 0.5) is 0 Å². The number of hydrogen-bond donors (Lipinski definition) is 5. The smallest absolute Gasteiger partial charge is 0.481 e.